The van der Waals surface area contributed by atoms with Crippen LogP contribution in [0.3, 0.4) is 0 Å². The van der Waals surface area contributed by atoms with Crippen LogP contribution in [0.5, 0.6) is 5.75 Å². The van der Waals surface area contributed by atoms with Gasteiger partial charge in [-0.2, -0.15) is 0 Å². The Bertz CT molecular complexity index is 983. The van der Waals surface area contributed by atoms with Crippen molar-refractivity contribution in [3.63, 3.8) is 0 Å². The van der Waals surface area contributed by atoms with Crippen molar-refractivity contribution in [1.29, 1.82) is 0 Å². The van der Waals surface area contributed by atoms with Crippen LogP contribution in [-0.4, -0.2) is 22.1 Å². The second-order valence-corrected chi connectivity index (χ2v) is 5.78. The van der Waals surface area contributed by atoms with Crippen LogP contribution < -0.4 is 10.1 Å². The molecule has 0 atom stereocenters. The smallest absolute Gasteiger partial charge is 0.308 e. The number of aromatic nitrogens is 2. The molecule has 0 radical (unpaired) electrons. The lowest BCUT2D eigenvalue weighted by Crippen LogP contribution is -2.05. The van der Waals surface area contributed by atoms with E-state index in [2.05, 4.69) is 15.5 Å². The number of anilines is 1. The number of aryl methyl sites for hydroxylation is 1. The highest BCUT2D eigenvalue weighted by molar-refractivity contribution is 5.91. The third kappa shape index (κ3) is 3.80. The molecule has 3 aromatic rings. The lowest BCUT2D eigenvalue weighted by Gasteiger charge is -2.09. The molecule has 126 valence electrons. The van der Waals surface area contributed by atoms with E-state index in [1.807, 2.05) is 37.3 Å². The molecule has 0 saturated heterocycles. The first-order valence-electron chi connectivity index (χ1n) is 7.77. The van der Waals surface area contributed by atoms with E-state index in [-0.39, 0.29) is 5.91 Å². The second-order valence-electron chi connectivity index (χ2n) is 5.78. The first kappa shape index (κ1) is 16.6. The van der Waals surface area contributed by atoms with Crippen molar-refractivity contribution in [1.82, 2.24) is 10.2 Å². The molecule has 6 nitrogen and oxygen atoms in total. The van der Waals surface area contributed by atoms with E-state index < -0.39 is 5.97 Å². The summed E-state index contributed by atoms with van der Waals surface area (Å²) in [4.78, 5) is 22.6. The predicted octanol–water partition coefficient (Wildman–Crippen LogP) is 3.49. The van der Waals surface area contributed by atoms with E-state index in [1.165, 1.54) is 13.8 Å². The van der Waals surface area contributed by atoms with Crippen LogP contribution in [0.15, 0.2) is 42.5 Å². The van der Waals surface area contributed by atoms with Gasteiger partial charge in [-0.25, -0.2) is 0 Å². The Morgan fingerprint density at radius 2 is 1.84 bits per heavy atom. The zero-order chi connectivity index (χ0) is 18.0. The molecular weight excluding hydrogens is 318 g/mol. The Balaban J connectivity index is 2.10. The molecule has 2 aromatic carbocycles. The van der Waals surface area contributed by atoms with Crippen molar-refractivity contribution in [3.05, 3.63) is 48.0 Å². The monoisotopic (exact) mass is 335 g/mol. The number of benzene rings is 2. The number of rotatable bonds is 3. The van der Waals surface area contributed by atoms with Crippen molar-refractivity contribution in [2.24, 2.45) is 0 Å². The molecule has 0 saturated carbocycles. The molecule has 0 fully saturated rings. The Morgan fingerprint density at radius 1 is 1.04 bits per heavy atom. The number of nitrogens with one attached hydrogen (secondary N) is 1. The van der Waals surface area contributed by atoms with Gasteiger partial charge in [-0.15, -0.1) is 10.2 Å². The Hall–Kier alpha value is -3.28. The molecule has 3 rings (SSSR count). The Kier molecular flexibility index (Phi) is 4.43. The highest BCUT2D eigenvalue weighted by Gasteiger charge is 2.11. The van der Waals surface area contributed by atoms with Gasteiger partial charge in [-0.1, -0.05) is 12.1 Å². The van der Waals surface area contributed by atoms with Gasteiger partial charge in [0.2, 0.25) is 5.91 Å². The zero-order valence-corrected chi connectivity index (χ0v) is 14.2. The van der Waals surface area contributed by atoms with Gasteiger partial charge in [0, 0.05) is 30.5 Å². The van der Waals surface area contributed by atoms with Crippen LogP contribution in [0, 0.1) is 6.92 Å². The van der Waals surface area contributed by atoms with E-state index in [9.17, 15) is 9.59 Å². The lowest BCUT2D eigenvalue weighted by atomic mass is 10.1. The van der Waals surface area contributed by atoms with Crippen molar-refractivity contribution >= 4 is 28.5 Å². The van der Waals surface area contributed by atoms with E-state index in [0.29, 0.717) is 28.0 Å². The molecule has 1 N–H and O–H groups in total. The molecule has 0 aliphatic carbocycles. The van der Waals surface area contributed by atoms with Gasteiger partial charge in [-0.05, 0) is 42.8 Å². The number of carbonyl (C=O) groups is 2. The summed E-state index contributed by atoms with van der Waals surface area (Å²) >= 11 is 0. The van der Waals surface area contributed by atoms with Crippen LogP contribution in [0.4, 0.5) is 5.69 Å². The summed E-state index contributed by atoms with van der Waals surface area (Å²) < 4.78 is 5.31. The summed E-state index contributed by atoms with van der Waals surface area (Å²) in [6.07, 6.45) is 0. The first-order chi connectivity index (χ1) is 11.9. The van der Waals surface area contributed by atoms with Crippen LogP contribution in [0.25, 0.3) is 22.2 Å². The summed E-state index contributed by atoms with van der Waals surface area (Å²) in [5.74, 6) is -0.0797. The number of fused-ring (bicyclic) bond motifs is 1. The van der Waals surface area contributed by atoms with Gasteiger partial charge < -0.3 is 10.1 Å². The lowest BCUT2D eigenvalue weighted by molar-refractivity contribution is -0.131. The molecule has 1 amide bonds. The van der Waals surface area contributed by atoms with Crippen molar-refractivity contribution < 1.29 is 14.3 Å². The normalized spacial score (nSPS) is 10.5. The zero-order valence-electron chi connectivity index (χ0n) is 14.2. The summed E-state index contributed by atoms with van der Waals surface area (Å²) in [6.45, 7) is 4.72. The summed E-state index contributed by atoms with van der Waals surface area (Å²) in [7, 11) is 0. The number of amides is 1. The molecule has 6 heteroatoms. The van der Waals surface area contributed by atoms with E-state index in [1.54, 1.807) is 12.1 Å². The maximum atomic E-state index is 11.4. The van der Waals surface area contributed by atoms with Crippen molar-refractivity contribution in [2.45, 2.75) is 20.8 Å². The Morgan fingerprint density at radius 3 is 2.56 bits per heavy atom. The summed E-state index contributed by atoms with van der Waals surface area (Å²) in [5, 5.41) is 11.9. The maximum absolute atomic E-state index is 11.4. The largest absolute Gasteiger partial charge is 0.426 e. The highest BCUT2D eigenvalue weighted by atomic mass is 16.5. The maximum Gasteiger partial charge on any atom is 0.308 e. The molecule has 0 bridgehead atoms. The van der Waals surface area contributed by atoms with E-state index in [0.717, 1.165) is 11.1 Å². The molecule has 1 heterocycles. The fraction of sp³-hybridized carbons (Fsp3) is 0.158. The van der Waals surface area contributed by atoms with Crippen molar-refractivity contribution in [2.75, 3.05) is 5.32 Å². The Labute approximate surface area is 144 Å². The van der Waals surface area contributed by atoms with Gasteiger partial charge in [-0.3, -0.25) is 9.59 Å². The van der Waals surface area contributed by atoms with Gasteiger partial charge in [0.15, 0.2) is 0 Å². The minimum atomic E-state index is -0.391. The third-order valence-electron chi connectivity index (χ3n) is 3.54. The fourth-order valence-electron chi connectivity index (χ4n) is 2.59. The molecule has 0 aliphatic heterocycles. The third-order valence-corrected chi connectivity index (χ3v) is 3.54. The summed E-state index contributed by atoms with van der Waals surface area (Å²) in [5.41, 5.74) is 3.68. The average molecular weight is 335 g/mol. The number of hydrogen-bond donors (Lipinski definition) is 1. The molecule has 1 aromatic heterocycles. The topological polar surface area (TPSA) is 81.2 Å². The van der Waals surface area contributed by atoms with E-state index in [4.69, 9.17) is 4.74 Å². The number of carbonyl (C=O) groups excluding carboxylic acids is 2. The van der Waals surface area contributed by atoms with E-state index >= 15 is 0 Å². The summed E-state index contributed by atoms with van der Waals surface area (Å²) in [6, 6.07) is 12.8. The SMILES string of the molecule is CC(=O)Nc1cccc(-c2cc3c(OC(C)=O)cc(C)cc3nn2)c1. The first-order valence-corrected chi connectivity index (χ1v) is 7.77. The molecule has 0 spiro atoms. The minimum Gasteiger partial charge on any atom is -0.426 e. The molecule has 0 aliphatic rings. The van der Waals surface area contributed by atoms with Gasteiger partial charge in [0.1, 0.15) is 5.75 Å². The quantitative estimate of drug-likeness (QED) is 0.585. The average Bonchev–Trinajstić information content (AvgIpc) is 2.53. The highest BCUT2D eigenvalue weighted by Crippen LogP contribution is 2.30. The van der Waals surface area contributed by atoms with Gasteiger partial charge >= 0.3 is 5.97 Å². The van der Waals surface area contributed by atoms with Crippen LogP contribution in [-0.2, 0) is 9.59 Å². The van der Waals surface area contributed by atoms with Gasteiger partial charge in [0.05, 0.1) is 11.2 Å². The fourth-order valence-corrected chi connectivity index (χ4v) is 2.59. The number of nitrogens with zero attached hydrogens (tertiary/aromatic N) is 2. The van der Waals surface area contributed by atoms with Crippen molar-refractivity contribution in [3.8, 4) is 17.0 Å². The second kappa shape index (κ2) is 6.68. The number of hydrogen-bond acceptors (Lipinski definition) is 5. The number of ether oxygens (including phenoxy) is 1. The van der Waals surface area contributed by atoms with Gasteiger partial charge in [0.25, 0.3) is 0 Å². The minimum absolute atomic E-state index is 0.144. The number of esters is 1. The van der Waals surface area contributed by atoms with Crippen LogP contribution in [0.1, 0.15) is 19.4 Å². The molecule has 25 heavy (non-hydrogen) atoms. The predicted molar refractivity (Wildman–Crippen MR) is 95.3 cm³/mol. The molecule has 0 unspecified atom stereocenters. The standard InChI is InChI=1S/C19H17N3O3/c1-11-7-18-16(19(8-11)25-13(3)24)10-17(21-22-18)14-5-4-6-15(9-14)20-12(2)23/h4-10H,1-3H3,(H,20,23). The van der Waals surface area contributed by atoms with Crippen LogP contribution in [0.2, 0.25) is 0 Å². The van der Waals surface area contributed by atoms with Crippen LogP contribution >= 0.6 is 0 Å². The molecular formula is C19H17N3O3.